The van der Waals surface area contributed by atoms with Crippen LogP contribution in [0.4, 0.5) is 0 Å². The van der Waals surface area contributed by atoms with Crippen LogP contribution in [0.1, 0.15) is 20.8 Å². The molecule has 0 aliphatic rings. The molecule has 0 rings (SSSR count). The minimum absolute atomic E-state index is 0.0000463. The van der Waals surface area contributed by atoms with Gasteiger partial charge in [0, 0.05) is 11.7 Å². The Morgan fingerprint density at radius 1 is 1.46 bits per heavy atom. The van der Waals surface area contributed by atoms with Gasteiger partial charge in [0.1, 0.15) is 0 Å². The molecule has 2 atom stereocenters. The molecule has 0 aromatic carbocycles. The number of carbonyl (C=O) groups excluding carboxylic acids is 1. The maximum absolute atomic E-state index is 11.3. The Labute approximate surface area is 84.3 Å². The van der Waals surface area contributed by atoms with Crippen molar-refractivity contribution in [3.8, 4) is 0 Å². The Hall–Kier alpha value is -0.220. The quantitative estimate of drug-likeness (QED) is 0.700. The second-order valence-corrected chi connectivity index (χ2v) is 4.38. The Morgan fingerprint density at radius 2 is 2.00 bits per heavy atom. The molecule has 0 saturated carbocycles. The molecule has 0 saturated heterocycles. The minimum Gasteiger partial charge on any atom is -0.391 e. The maximum atomic E-state index is 11.3. The van der Waals surface area contributed by atoms with Crippen molar-refractivity contribution >= 4 is 17.7 Å². The van der Waals surface area contributed by atoms with Gasteiger partial charge < -0.3 is 10.4 Å². The van der Waals surface area contributed by atoms with Crippen molar-refractivity contribution in [2.24, 2.45) is 5.92 Å². The number of carbonyl (C=O) groups is 1. The Bertz CT molecular complexity index is 160. The van der Waals surface area contributed by atoms with Gasteiger partial charge in [-0.2, -0.15) is 11.8 Å². The van der Waals surface area contributed by atoms with Crippen molar-refractivity contribution in [1.82, 2.24) is 5.32 Å². The van der Waals surface area contributed by atoms with Gasteiger partial charge in [-0.25, -0.2) is 0 Å². The van der Waals surface area contributed by atoms with Crippen LogP contribution in [-0.4, -0.2) is 35.2 Å². The van der Waals surface area contributed by atoms with Crippen LogP contribution < -0.4 is 5.32 Å². The standard InChI is InChI=1S/C9H19NO2S/c1-6(2)9(12)10-8(5-13-4)7(3)11/h6-8,11H,5H2,1-4H3,(H,10,12). The molecule has 78 valence electrons. The van der Waals surface area contributed by atoms with Gasteiger partial charge in [0.2, 0.25) is 5.91 Å². The summed E-state index contributed by atoms with van der Waals surface area (Å²) in [5.41, 5.74) is 0. The highest BCUT2D eigenvalue weighted by molar-refractivity contribution is 7.98. The van der Waals surface area contributed by atoms with Crippen LogP contribution >= 0.6 is 11.8 Å². The maximum Gasteiger partial charge on any atom is 0.222 e. The number of nitrogens with one attached hydrogen (secondary N) is 1. The van der Waals surface area contributed by atoms with Crippen molar-refractivity contribution in [2.45, 2.75) is 32.9 Å². The van der Waals surface area contributed by atoms with E-state index in [9.17, 15) is 9.90 Å². The number of hydrogen-bond donors (Lipinski definition) is 2. The predicted molar refractivity (Wildman–Crippen MR) is 56.8 cm³/mol. The molecule has 0 bridgehead atoms. The van der Waals surface area contributed by atoms with Gasteiger partial charge in [0.25, 0.3) is 0 Å². The van der Waals surface area contributed by atoms with Crippen molar-refractivity contribution < 1.29 is 9.90 Å². The number of hydrogen-bond acceptors (Lipinski definition) is 3. The first kappa shape index (κ1) is 12.8. The molecule has 0 aliphatic carbocycles. The topological polar surface area (TPSA) is 49.3 Å². The number of thioether (sulfide) groups is 1. The third-order valence-corrected chi connectivity index (χ3v) is 2.47. The first-order chi connectivity index (χ1) is 5.99. The Balaban J connectivity index is 4.02. The number of amides is 1. The number of aliphatic hydroxyl groups is 1. The first-order valence-electron chi connectivity index (χ1n) is 4.46. The smallest absolute Gasteiger partial charge is 0.222 e. The van der Waals surface area contributed by atoms with Gasteiger partial charge in [0.05, 0.1) is 12.1 Å². The molecule has 3 nitrogen and oxygen atoms in total. The van der Waals surface area contributed by atoms with Gasteiger partial charge in [-0.1, -0.05) is 13.8 Å². The van der Waals surface area contributed by atoms with E-state index >= 15 is 0 Å². The molecule has 1 amide bonds. The minimum atomic E-state index is -0.491. The molecule has 4 heteroatoms. The van der Waals surface area contributed by atoms with Crippen molar-refractivity contribution in [3.63, 3.8) is 0 Å². The zero-order chi connectivity index (χ0) is 10.4. The SMILES string of the molecule is CSCC(NC(=O)C(C)C)C(C)O. The van der Waals surface area contributed by atoms with E-state index in [1.807, 2.05) is 20.1 Å². The van der Waals surface area contributed by atoms with Crippen molar-refractivity contribution in [1.29, 1.82) is 0 Å². The number of aliphatic hydroxyl groups excluding tert-OH is 1. The van der Waals surface area contributed by atoms with Gasteiger partial charge >= 0.3 is 0 Å². The highest BCUT2D eigenvalue weighted by Gasteiger charge is 2.18. The fourth-order valence-electron chi connectivity index (χ4n) is 0.830. The summed E-state index contributed by atoms with van der Waals surface area (Å²) in [5.74, 6) is 0.721. The molecule has 13 heavy (non-hydrogen) atoms. The lowest BCUT2D eigenvalue weighted by Crippen LogP contribution is -2.45. The highest BCUT2D eigenvalue weighted by atomic mass is 32.2. The van der Waals surface area contributed by atoms with Gasteiger partial charge in [-0.05, 0) is 13.2 Å². The molecule has 0 radical (unpaired) electrons. The molecule has 0 spiro atoms. The van der Waals surface area contributed by atoms with Crippen molar-refractivity contribution in [2.75, 3.05) is 12.0 Å². The second-order valence-electron chi connectivity index (χ2n) is 3.47. The zero-order valence-corrected chi connectivity index (χ0v) is 9.52. The van der Waals surface area contributed by atoms with Crippen LogP contribution in [0.3, 0.4) is 0 Å². The molecular formula is C9H19NO2S. The molecule has 2 unspecified atom stereocenters. The summed E-state index contributed by atoms with van der Waals surface area (Å²) in [4.78, 5) is 11.3. The molecule has 0 aromatic rings. The Kier molecular flexibility index (Phi) is 6.16. The summed E-state index contributed by atoms with van der Waals surface area (Å²) in [6.45, 7) is 5.38. The average molecular weight is 205 g/mol. The van der Waals surface area contributed by atoms with Crippen LogP contribution in [0.2, 0.25) is 0 Å². The summed E-state index contributed by atoms with van der Waals surface area (Å²) in [5, 5.41) is 12.2. The molecule has 2 N–H and O–H groups in total. The molecule has 0 fully saturated rings. The lowest BCUT2D eigenvalue weighted by atomic mass is 10.1. The van der Waals surface area contributed by atoms with E-state index in [0.29, 0.717) is 0 Å². The number of rotatable bonds is 5. The average Bonchev–Trinajstić information content (AvgIpc) is 2.03. The normalized spacial score (nSPS) is 15.5. The van der Waals surface area contributed by atoms with E-state index in [0.717, 1.165) is 5.75 Å². The van der Waals surface area contributed by atoms with Gasteiger partial charge in [0.15, 0.2) is 0 Å². The third kappa shape index (κ3) is 5.16. The van der Waals surface area contributed by atoms with E-state index < -0.39 is 6.10 Å². The lowest BCUT2D eigenvalue weighted by molar-refractivity contribution is -0.125. The van der Waals surface area contributed by atoms with Gasteiger partial charge in [-0.15, -0.1) is 0 Å². The van der Waals surface area contributed by atoms with Crippen molar-refractivity contribution in [3.05, 3.63) is 0 Å². The second kappa shape index (κ2) is 6.27. The van der Waals surface area contributed by atoms with E-state index in [-0.39, 0.29) is 17.9 Å². The largest absolute Gasteiger partial charge is 0.391 e. The summed E-state index contributed by atoms with van der Waals surface area (Å²) >= 11 is 1.62. The van der Waals surface area contributed by atoms with E-state index in [4.69, 9.17) is 0 Å². The lowest BCUT2D eigenvalue weighted by Gasteiger charge is -2.21. The summed E-state index contributed by atoms with van der Waals surface area (Å²) in [6, 6.07) is -0.134. The van der Waals surface area contributed by atoms with Gasteiger partial charge in [-0.3, -0.25) is 4.79 Å². The summed E-state index contributed by atoms with van der Waals surface area (Å²) in [7, 11) is 0. The molecule has 0 aliphatic heterocycles. The summed E-state index contributed by atoms with van der Waals surface area (Å²) in [6.07, 6.45) is 1.46. The first-order valence-corrected chi connectivity index (χ1v) is 5.85. The van der Waals surface area contributed by atoms with Crippen LogP contribution in [0, 0.1) is 5.92 Å². The third-order valence-electron chi connectivity index (χ3n) is 1.78. The highest BCUT2D eigenvalue weighted by Crippen LogP contribution is 2.03. The van der Waals surface area contributed by atoms with E-state index in [1.165, 1.54) is 0 Å². The van der Waals surface area contributed by atoms with E-state index in [1.54, 1.807) is 18.7 Å². The fourth-order valence-corrected chi connectivity index (χ4v) is 1.55. The monoisotopic (exact) mass is 205 g/mol. The molecule has 0 aromatic heterocycles. The van der Waals surface area contributed by atoms with Crippen LogP contribution in [0.25, 0.3) is 0 Å². The van der Waals surface area contributed by atoms with E-state index in [2.05, 4.69) is 5.32 Å². The fraction of sp³-hybridized carbons (Fsp3) is 0.889. The molecular weight excluding hydrogens is 186 g/mol. The Morgan fingerprint density at radius 3 is 2.31 bits per heavy atom. The summed E-state index contributed by atoms with van der Waals surface area (Å²) < 4.78 is 0. The molecule has 0 heterocycles. The van der Waals surface area contributed by atoms with Crippen LogP contribution in [0.5, 0.6) is 0 Å². The predicted octanol–water partition coefficient (Wildman–Crippen LogP) is 0.871. The van der Waals surface area contributed by atoms with Crippen LogP contribution in [0.15, 0.2) is 0 Å². The van der Waals surface area contributed by atoms with Crippen LogP contribution in [-0.2, 0) is 4.79 Å². The zero-order valence-electron chi connectivity index (χ0n) is 8.70.